The predicted octanol–water partition coefficient (Wildman–Crippen LogP) is 2.14. The van der Waals surface area contributed by atoms with Gasteiger partial charge in [-0.15, -0.1) is 0 Å². The van der Waals surface area contributed by atoms with Gasteiger partial charge in [-0.25, -0.2) is 0 Å². The van der Waals surface area contributed by atoms with Crippen LogP contribution in [0.4, 0.5) is 0 Å². The van der Waals surface area contributed by atoms with Crippen LogP contribution in [0, 0.1) is 11.3 Å². The molecule has 2 atom stereocenters. The van der Waals surface area contributed by atoms with Gasteiger partial charge in [0.25, 0.3) is 5.91 Å². The number of rotatable bonds is 5. The molecule has 1 heterocycles. The standard InChI is InChI=1S/C18H29N3O3/c1-3-21-12-8-5-9-15(21)17(23)24-14(2)16(22)20-18(13-19)10-6-4-7-11-18/h14-15H,3-12H2,1-2H3,(H,20,22)/t14-,15-/m1/s1. The van der Waals surface area contributed by atoms with Gasteiger partial charge in [0.2, 0.25) is 0 Å². The van der Waals surface area contributed by atoms with Gasteiger partial charge in [-0.05, 0) is 45.7 Å². The van der Waals surface area contributed by atoms with Crippen LogP contribution in [0.2, 0.25) is 0 Å². The summed E-state index contributed by atoms with van der Waals surface area (Å²) >= 11 is 0. The van der Waals surface area contributed by atoms with Crippen molar-refractivity contribution in [3.05, 3.63) is 0 Å². The van der Waals surface area contributed by atoms with Crippen molar-refractivity contribution in [3.8, 4) is 6.07 Å². The fourth-order valence-corrected chi connectivity index (χ4v) is 3.70. The van der Waals surface area contributed by atoms with Gasteiger partial charge in [0.15, 0.2) is 6.10 Å². The Balaban J connectivity index is 1.90. The van der Waals surface area contributed by atoms with Crippen LogP contribution in [-0.4, -0.2) is 47.6 Å². The molecular weight excluding hydrogens is 306 g/mol. The van der Waals surface area contributed by atoms with E-state index in [1.54, 1.807) is 6.92 Å². The van der Waals surface area contributed by atoms with E-state index in [1.807, 2.05) is 6.92 Å². The number of nitrogens with zero attached hydrogens (tertiary/aromatic N) is 2. The molecule has 0 bridgehead atoms. The van der Waals surface area contributed by atoms with E-state index in [-0.39, 0.29) is 17.9 Å². The van der Waals surface area contributed by atoms with E-state index in [1.165, 1.54) is 0 Å². The summed E-state index contributed by atoms with van der Waals surface area (Å²) in [5, 5.41) is 12.3. The zero-order valence-corrected chi connectivity index (χ0v) is 14.8. The molecule has 0 unspecified atom stereocenters. The zero-order valence-electron chi connectivity index (χ0n) is 14.8. The van der Waals surface area contributed by atoms with Crippen molar-refractivity contribution in [1.82, 2.24) is 10.2 Å². The van der Waals surface area contributed by atoms with Crippen LogP contribution < -0.4 is 5.32 Å². The van der Waals surface area contributed by atoms with Crippen molar-refractivity contribution in [2.75, 3.05) is 13.1 Å². The number of carbonyl (C=O) groups is 2. The van der Waals surface area contributed by atoms with Crippen LogP contribution >= 0.6 is 0 Å². The highest BCUT2D eigenvalue weighted by atomic mass is 16.5. The number of nitrogens with one attached hydrogen (secondary N) is 1. The third-order valence-corrected chi connectivity index (χ3v) is 5.24. The Labute approximate surface area is 144 Å². The van der Waals surface area contributed by atoms with Crippen molar-refractivity contribution in [1.29, 1.82) is 5.26 Å². The van der Waals surface area contributed by atoms with Crippen LogP contribution in [0.3, 0.4) is 0 Å². The molecule has 2 fully saturated rings. The first-order valence-electron chi connectivity index (χ1n) is 9.19. The van der Waals surface area contributed by atoms with E-state index in [2.05, 4.69) is 16.3 Å². The van der Waals surface area contributed by atoms with E-state index in [0.717, 1.165) is 51.6 Å². The maximum absolute atomic E-state index is 12.4. The van der Waals surface area contributed by atoms with E-state index < -0.39 is 11.6 Å². The first-order valence-corrected chi connectivity index (χ1v) is 9.19. The molecule has 6 nitrogen and oxygen atoms in total. The van der Waals surface area contributed by atoms with Crippen LogP contribution in [-0.2, 0) is 14.3 Å². The summed E-state index contributed by atoms with van der Waals surface area (Å²) in [5.74, 6) is -0.695. The van der Waals surface area contributed by atoms with Crippen LogP contribution in [0.1, 0.15) is 65.2 Å². The summed E-state index contributed by atoms with van der Waals surface area (Å²) in [5.41, 5.74) is -0.795. The summed E-state index contributed by atoms with van der Waals surface area (Å²) in [6, 6.07) is 2.00. The molecule has 24 heavy (non-hydrogen) atoms. The van der Waals surface area contributed by atoms with Crippen molar-refractivity contribution in [2.24, 2.45) is 0 Å². The van der Waals surface area contributed by atoms with E-state index >= 15 is 0 Å². The second kappa shape index (κ2) is 8.48. The number of hydrogen-bond acceptors (Lipinski definition) is 5. The molecule has 2 aliphatic rings. The second-order valence-corrected chi connectivity index (χ2v) is 6.96. The summed E-state index contributed by atoms with van der Waals surface area (Å²) in [7, 11) is 0. The fourth-order valence-electron chi connectivity index (χ4n) is 3.70. The SMILES string of the molecule is CCN1CCCC[C@@H]1C(=O)O[C@H](C)C(=O)NC1(C#N)CCCCC1. The minimum atomic E-state index is -0.870. The van der Waals surface area contributed by atoms with Crippen molar-refractivity contribution >= 4 is 11.9 Å². The predicted molar refractivity (Wildman–Crippen MR) is 90.0 cm³/mol. The molecule has 6 heteroatoms. The number of esters is 1. The van der Waals surface area contributed by atoms with E-state index in [9.17, 15) is 14.9 Å². The summed E-state index contributed by atoms with van der Waals surface area (Å²) in [6.45, 7) is 5.31. The van der Waals surface area contributed by atoms with Crippen molar-refractivity contribution in [2.45, 2.75) is 82.9 Å². The molecule has 1 aliphatic carbocycles. The smallest absolute Gasteiger partial charge is 0.324 e. The molecule has 0 spiro atoms. The molecule has 0 aromatic carbocycles. The van der Waals surface area contributed by atoms with Crippen LogP contribution in [0.25, 0.3) is 0 Å². The van der Waals surface area contributed by atoms with E-state index in [0.29, 0.717) is 12.8 Å². The monoisotopic (exact) mass is 335 g/mol. The average Bonchev–Trinajstić information content (AvgIpc) is 2.62. The van der Waals surface area contributed by atoms with Gasteiger partial charge in [-0.2, -0.15) is 5.26 Å². The molecule has 1 N–H and O–H groups in total. The van der Waals surface area contributed by atoms with Gasteiger partial charge >= 0.3 is 5.97 Å². The third kappa shape index (κ3) is 4.47. The van der Waals surface area contributed by atoms with Gasteiger partial charge < -0.3 is 10.1 Å². The fraction of sp³-hybridized carbons (Fsp3) is 0.833. The lowest BCUT2D eigenvalue weighted by molar-refractivity contribution is -0.161. The minimum Gasteiger partial charge on any atom is -0.451 e. The Hall–Kier alpha value is -1.61. The molecule has 1 saturated carbocycles. The number of likely N-dealkylation sites (tertiary alicyclic amines) is 1. The molecule has 2 rings (SSSR count). The van der Waals surface area contributed by atoms with Gasteiger partial charge in [-0.3, -0.25) is 14.5 Å². The lowest BCUT2D eigenvalue weighted by atomic mass is 9.83. The van der Waals surface area contributed by atoms with Gasteiger partial charge in [0.1, 0.15) is 11.6 Å². The highest BCUT2D eigenvalue weighted by Crippen LogP contribution is 2.27. The molecule has 0 aromatic rings. The molecule has 134 valence electrons. The number of piperidine rings is 1. The van der Waals surface area contributed by atoms with Crippen LogP contribution in [0.5, 0.6) is 0 Å². The zero-order chi connectivity index (χ0) is 17.6. The lowest BCUT2D eigenvalue weighted by Crippen LogP contribution is -2.53. The second-order valence-electron chi connectivity index (χ2n) is 6.96. The lowest BCUT2D eigenvalue weighted by Gasteiger charge is -2.34. The quantitative estimate of drug-likeness (QED) is 0.778. The first-order chi connectivity index (χ1) is 11.5. The topological polar surface area (TPSA) is 82.4 Å². The molecule has 1 saturated heterocycles. The maximum Gasteiger partial charge on any atom is 0.324 e. The summed E-state index contributed by atoms with van der Waals surface area (Å²) < 4.78 is 5.41. The Morgan fingerprint density at radius 3 is 2.62 bits per heavy atom. The number of likely N-dealkylation sites (N-methyl/N-ethyl adjacent to an activating group) is 1. The molecule has 1 aliphatic heterocycles. The minimum absolute atomic E-state index is 0.251. The van der Waals surface area contributed by atoms with Gasteiger partial charge in [0.05, 0.1) is 6.07 Å². The summed E-state index contributed by atoms with van der Waals surface area (Å²) in [6.07, 6.45) is 6.33. The number of amides is 1. The third-order valence-electron chi connectivity index (χ3n) is 5.24. The normalized spacial score (nSPS) is 25.3. The highest BCUT2D eigenvalue weighted by molar-refractivity contribution is 5.85. The highest BCUT2D eigenvalue weighted by Gasteiger charge is 2.36. The van der Waals surface area contributed by atoms with Gasteiger partial charge in [0, 0.05) is 0 Å². The van der Waals surface area contributed by atoms with Crippen LogP contribution in [0.15, 0.2) is 0 Å². The number of hydrogen-bond donors (Lipinski definition) is 1. The Morgan fingerprint density at radius 2 is 2.00 bits per heavy atom. The van der Waals surface area contributed by atoms with Crippen molar-refractivity contribution < 1.29 is 14.3 Å². The average molecular weight is 335 g/mol. The Bertz CT molecular complexity index is 494. The summed E-state index contributed by atoms with van der Waals surface area (Å²) in [4.78, 5) is 26.9. The Kier molecular flexibility index (Phi) is 6.61. The largest absolute Gasteiger partial charge is 0.451 e. The molecule has 0 radical (unpaired) electrons. The van der Waals surface area contributed by atoms with Crippen molar-refractivity contribution in [3.63, 3.8) is 0 Å². The number of ether oxygens (including phenoxy) is 1. The molecule has 0 aromatic heterocycles. The van der Waals surface area contributed by atoms with Gasteiger partial charge in [-0.1, -0.05) is 32.6 Å². The number of nitriles is 1. The Morgan fingerprint density at radius 1 is 1.29 bits per heavy atom. The maximum atomic E-state index is 12.4. The number of carbonyl (C=O) groups excluding carboxylic acids is 2. The van der Waals surface area contributed by atoms with E-state index in [4.69, 9.17) is 4.74 Å². The first kappa shape index (κ1) is 18.7. The molecular formula is C18H29N3O3. The molecule has 1 amide bonds.